The summed E-state index contributed by atoms with van der Waals surface area (Å²) in [4.78, 5) is 2.48. The molecule has 0 bridgehead atoms. The molecule has 0 saturated heterocycles. The van der Waals surface area contributed by atoms with Crippen molar-refractivity contribution >= 4 is 0 Å². The normalized spacial score (nSPS) is 37.5. The van der Waals surface area contributed by atoms with E-state index < -0.39 is 0 Å². The molecule has 1 aliphatic heterocycles. The molecule has 0 aromatic rings. The lowest BCUT2D eigenvalue weighted by atomic mass is 9.80. The predicted octanol–water partition coefficient (Wildman–Crippen LogP) is 0.595. The van der Waals surface area contributed by atoms with Crippen LogP contribution in [-0.2, 0) is 0 Å². The van der Waals surface area contributed by atoms with Crippen molar-refractivity contribution in [1.29, 1.82) is 0 Å². The van der Waals surface area contributed by atoms with Gasteiger partial charge in [0.1, 0.15) is 0 Å². The molecule has 0 amide bonds. The Kier molecular flexibility index (Phi) is 1.96. The molecule has 0 aromatic carbocycles. The van der Waals surface area contributed by atoms with Gasteiger partial charge >= 0.3 is 0 Å². The fraction of sp³-hybridized carbons (Fsp3) is 0.778. The van der Waals surface area contributed by atoms with Gasteiger partial charge < -0.3 is 5.73 Å². The first-order valence-corrected chi connectivity index (χ1v) is 4.47. The highest BCUT2D eigenvalue weighted by Gasteiger charge is 2.27. The zero-order valence-corrected chi connectivity index (χ0v) is 6.87. The third kappa shape index (κ3) is 1.63. The highest BCUT2D eigenvalue weighted by atomic mass is 15.1. The van der Waals surface area contributed by atoms with Gasteiger partial charge in [0.2, 0.25) is 0 Å². The lowest BCUT2D eigenvalue weighted by Gasteiger charge is -2.35. The van der Waals surface area contributed by atoms with Crippen molar-refractivity contribution in [3.8, 4) is 0 Å². The second-order valence-electron chi connectivity index (χ2n) is 3.79. The molecule has 1 heterocycles. The average molecular weight is 152 g/mol. The summed E-state index contributed by atoms with van der Waals surface area (Å²) < 4.78 is 0. The van der Waals surface area contributed by atoms with E-state index in [1.807, 2.05) is 0 Å². The summed E-state index contributed by atoms with van der Waals surface area (Å²) in [5, 5.41) is 0. The lowest BCUT2D eigenvalue weighted by Crippen LogP contribution is -2.42. The summed E-state index contributed by atoms with van der Waals surface area (Å²) in [6.45, 7) is 3.58. The maximum Gasteiger partial charge on any atom is 0.0167 e. The minimum atomic E-state index is 0.510. The maximum absolute atomic E-state index is 5.71. The van der Waals surface area contributed by atoms with Crippen molar-refractivity contribution < 1.29 is 0 Å². The summed E-state index contributed by atoms with van der Waals surface area (Å²) in [5.41, 5.74) is 5.71. The summed E-state index contributed by atoms with van der Waals surface area (Å²) in [6, 6.07) is 0.510. The summed E-state index contributed by atoms with van der Waals surface area (Å²) in [5.74, 6) is 0.893. The molecule has 2 rings (SSSR count). The van der Waals surface area contributed by atoms with Crippen LogP contribution in [0.1, 0.15) is 12.8 Å². The largest absolute Gasteiger partial charge is 0.328 e. The van der Waals surface area contributed by atoms with E-state index in [1.165, 1.54) is 19.4 Å². The highest BCUT2D eigenvalue weighted by molar-refractivity contribution is 4.97. The van der Waals surface area contributed by atoms with Crippen LogP contribution in [0.25, 0.3) is 0 Å². The molecular formula is C9H16N2. The van der Waals surface area contributed by atoms with Crippen molar-refractivity contribution in [2.45, 2.75) is 18.9 Å². The Bertz CT molecular complexity index is 151. The molecular weight excluding hydrogens is 136 g/mol. The minimum Gasteiger partial charge on any atom is -0.328 e. The van der Waals surface area contributed by atoms with E-state index in [0.717, 1.165) is 19.0 Å². The number of rotatable bonds is 2. The van der Waals surface area contributed by atoms with Crippen LogP contribution >= 0.6 is 0 Å². The van der Waals surface area contributed by atoms with Gasteiger partial charge in [0, 0.05) is 25.7 Å². The van der Waals surface area contributed by atoms with Crippen molar-refractivity contribution in [2.24, 2.45) is 11.7 Å². The van der Waals surface area contributed by atoms with Gasteiger partial charge in [-0.3, -0.25) is 4.90 Å². The average Bonchev–Trinajstić information content (AvgIpc) is 2.36. The van der Waals surface area contributed by atoms with Crippen LogP contribution < -0.4 is 5.73 Å². The van der Waals surface area contributed by atoms with Crippen LogP contribution in [0.15, 0.2) is 12.2 Å². The van der Waals surface area contributed by atoms with E-state index in [2.05, 4.69) is 17.1 Å². The van der Waals surface area contributed by atoms with E-state index in [9.17, 15) is 0 Å². The van der Waals surface area contributed by atoms with Gasteiger partial charge in [-0.05, 0) is 18.8 Å². The lowest BCUT2D eigenvalue weighted by molar-refractivity contribution is 0.186. The summed E-state index contributed by atoms with van der Waals surface area (Å²) in [6.07, 6.45) is 6.99. The molecule has 1 aliphatic carbocycles. The highest BCUT2D eigenvalue weighted by Crippen LogP contribution is 2.26. The molecule has 0 radical (unpaired) electrons. The predicted molar refractivity (Wildman–Crippen MR) is 46.3 cm³/mol. The summed E-state index contributed by atoms with van der Waals surface area (Å²) >= 11 is 0. The zero-order valence-electron chi connectivity index (χ0n) is 6.87. The monoisotopic (exact) mass is 152 g/mol. The molecule has 0 atom stereocenters. The zero-order chi connectivity index (χ0) is 7.68. The smallest absolute Gasteiger partial charge is 0.0167 e. The van der Waals surface area contributed by atoms with Crippen LogP contribution in [0.5, 0.6) is 0 Å². The third-order valence-corrected chi connectivity index (χ3v) is 2.68. The van der Waals surface area contributed by atoms with Gasteiger partial charge in [0.05, 0.1) is 0 Å². The third-order valence-electron chi connectivity index (χ3n) is 2.68. The van der Waals surface area contributed by atoms with Crippen LogP contribution in [0.2, 0.25) is 0 Å². The molecule has 0 spiro atoms. The minimum absolute atomic E-state index is 0.510. The molecule has 2 nitrogen and oxygen atoms in total. The first-order valence-electron chi connectivity index (χ1n) is 4.47. The Hall–Kier alpha value is -0.340. The second kappa shape index (κ2) is 2.95. The van der Waals surface area contributed by atoms with Gasteiger partial charge in [0.25, 0.3) is 0 Å². The molecule has 2 N–H and O–H groups in total. The molecule has 1 fully saturated rings. The fourth-order valence-corrected chi connectivity index (χ4v) is 1.97. The topological polar surface area (TPSA) is 29.3 Å². The van der Waals surface area contributed by atoms with Crippen LogP contribution in [0.3, 0.4) is 0 Å². The Balaban J connectivity index is 1.67. The van der Waals surface area contributed by atoms with E-state index in [1.54, 1.807) is 0 Å². The number of hydrogen-bond donors (Lipinski definition) is 1. The van der Waals surface area contributed by atoms with Crippen molar-refractivity contribution in [1.82, 2.24) is 4.90 Å². The molecule has 11 heavy (non-hydrogen) atoms. The molecule has 0 unspecified atom stereocenters. The molecule has 2 heteroatoms. The van der Waals surface area contributed by atoms with Gasteiger partial charge in [-0.2, -0.15) is 0 Å². The molecule has 62 valence electrons. The van der Waals surface area contributed by atoms with Gasteiger partial charge in [-0.1, -0.05) is 12.2 Å². The Morgan fingerprint density at radius 1 is 1.27 bits per heavy atom. The molecule has 1 saturated carbocycles. The Labute approximate surface area is 68.1 Å². The van der Waals surface area contributed by atoms with Crippen LogP contribution in [-0.4, -0.2) is 30.6 Å². The van der Waals surface area contributed by atoms with Crippen molar-refractivity contribution in [3.05, 3.63) is 12.2 Å². The SMILES string of the molecule is NC1CC(CN2CC=CC2)C1. The quantitative estimate of drug-likeness (QED) is 0.587. The number of nitrogens with zero attached hydrogens (tertiary/aromatic N) is 1. The van der Waals surface area contributed by atoms with E-state index in [0.29, 0.717) is 6.04 Å². The van der Waals surface area contributed by atoms with Gasteiger partial charge in [-0.25, -0.2) is 0 Å². The maximum atomic E-state index is 5.71. The van der Waals surface area contributed by atoms with Crippen molar-refractivity contribution in [2.75, 3.05) is 19.6 Å². The van der Waals surface area contributed by atoms with Gasteiger partial charge in [-0.15, -0.1) is 0 Å². The summed E-state index contributed by atoms with van der Waals surface area (Å²) in [7, 11) is 0. The fourth-order valence-electron chi connectivity index (χ4n) is 1.97. The van der Waals surface area contributed by atoms with Crippen molar-refractivity contribution in [3.63, 3.8) is 0 Å². The van der Waals surface area contributed by atoms with Gasteiger partial charge in [0.15, 0.2) is 0 Å². The van der Waals surface area contributed by atoms with Crippen LogP contribution in [0.4, 0.5) is 0 Å². The number of nitrogens with two attached hydrogens (primary N) is 1. The first-order chi connectivity index (χ1) is 5.34. The second-order valence-corrected chi connectivity index (χ2v) is 3.79. The van der Waals surface area contributed by atoms with E-state index in [-0.39, 0.29) is 0 Å². The molecule has 2 aliphatic rings. The standard InChI is InChI=1S/C9H16N2/c10-9-5-8(6-9)7-11-3-1-2-4-11/h1-2,8-9H,3-7,10H2. The first kappa shape index (κ1) is 7.32. The molecule has 0 aromatic heterocycles. The Morgan fingerprint density at radius 3 is 2.45 bits per heavy atom. The van der Waals surface area contributed by atoms with Crippen LogP contribution in [0, 0.1) is 5.92 Å². The van der Waals surface area contributed by atoms with E-state index in [4.69, 9.17) is 5.73 Å². The number of hydrogen-bond acceptors (Lipinski definition) is 2. The Morgan fingerprint density at radius 2 is 1.91 bits per heavy atom. The van der Waals surface area contributed by atoms with E-state index >= 15 is 0 Å².